The number of carbonyl (C=O) groups excluding carboxylic acids is 3. The molecule has 2 heterocycles. The minimum Gasteiger partial charge on any atom is -0.444 e. The average molecular weight is 668 g/mol. The van der Waals surface area contributed by atoms with E-state index in [4.69, 9.17) is 18.6 Å². The van der Waals surface area contributed by atoms with Crippen LogP contribution in [0.5, 0.6) is 0 Å². The number of halogens is 1. The van der Waals surface area contributed by atoms with Gasteiger partial charge in [-0.2, -0.15) is 5.26 Å². The lowest BCUT2D eigenvalue weighted by molar-refractivity contribution is -0.133. The molecule has 48 heavy (non-hydrogen) atoms. The topological polar surface area (TPSA) is 156 Å². The summed E-state index contributed by atoms with van der Waals surface area (Å²) in [4.78, 5) is 53.8. The van der Waals surface area contributed by atoms with Crippen molar-refractivity contribution in [2.24, 2.45) is 7.05 Å². The van der Waals surface area contributed by atoms with Crippen LogP contribution in [-0.2, 0) is 32.5 Å². The predicted molar refractivity (Wildman–Crippen MR) is 173 cm³/mol. The highest BCUT2D eigenvalue weighted by atomic mass is 19.1. The second-order valence-electron chi connectivity index (χ2n) is 13.8. The van der Waals surface area contributed by atoms with Gasteiger partial charge in [0.2, 0.25) is 0 Å². The summed E-state index contributed by atoms with van der Waals surface area (Å²) in [6.07, 6.45) is -2.70. The van der Waals surface area contributed by atoms with E-state index in [9.17, 15) is 24.4 Å². The number of aromatic nitrogens is 1. The Morgan fingerprint density at radius 3 is 2.33 bits per heavy atom. The van der Waals surface area contributed by atoms with Crippen LogP contribution in [0, 0.1) is 17.1 Å². The predicted octanol–water partition coefficient (Wildman–Crippen LogP) is 4.36. The molecular weight excluding hydrogens is 625 g/mol. The van der Waals surface area contributed by atoms with Crippen molar-refractivity contribution in [1.29, 1.82) is 5.26 Å². The molecule has 1 aromatic heterocycles. The van der Waals surface area contributed by atoms with Gasteiger partial charge in [-0.15, -0.1) is 0 Å². The molecule has 0 saturated carbocycles. The van der Waals surface area contributed by atoms with Crippen LogP contribution in [0.25, 0.3) is 22.2 Å². The normalized spacial score (nSPS) is 17.6. The Bertz CT molecular complexity index is 1780. The highest BCUT2D eigenvalue weighted by Gasteiger charge is 2.37. The van der Waals surface area contributed by atoms with E-state index in [1.807, 2.05) is 6.07 Å². The van der Waals surface area contributed by atoms with Crippen LogP contribution >= 0.6 is 0 Å². The van der Waals surface area contributed by atoms with Gasteiger partial charge in [0.05, 0.1) is 30.8 Å². The number of hydrogen-bond acceptors (Lipinski definition) is 9. The number of fused-ring (bicyclic) bond motifs is 1. The quantitative estimate of drug-likeness (QED) is 0.404. The number of rotatable bonds is 6. The lowest BCUT2D eigenvalue weighted by atomic mass is 10.00. The van der Waals surface area contributed by atoms with Gasteiger partial charge in [-0.1, -0.05) is 18.2 Å². The summed E-state index contributed by atoms with van der Waals surface area (Å²) < 4.78 is 38.7. The standard InChI is InChI=1S/C34H42FN5O8/c1-33(2,3)47-31(43)38(7)24-17-40(32(44)48-34(4,5)6)18-28(45-19-24)29(41)37-23(16-36)13-22-10-9-20(14-25(22)35)21-11-12-27-26(15-21)39(8)30(42)46-27/h9-12,14-15,23-24,28H,13,17-19H2,1-8H3,(H,37,41)/t23-,24?,28-/m0/s1. The van der Waals surface area contributed by atoms with E-state index in [1.165, 1.54) is 33.5 Å². The molecule has 14 heteroatoms. The van der Waals surface area contributed by atoms with E-state index in [1.54, 1.807) is 72.9 Å². The highest BCUT2D eigenvalue weighted by Crippen LogP contribution is 2.26. The van der Waals surface area contributed by atoms with Crippen LogP contribution in [0.1, 0.15) is 47.1 Å². The van der Waals surface area contributed by atoms with E-state index >= 15 is 4.39 Å². The van der Waals surface area contributed by atoms with Crippen LogP contribution in [0.4, 0.5) is 14.0 Å². The second kappa shape index (κ2) is 14.1. The van der Waals surface area contributed by atoms with Crippen molar-refractivity contribution >= 4 is 29.2 Å². The molecule has 1 aliphatic heterocycles. The van der Waals surface area contributed by atoms with Gasteiger partial charge >= 0.3 is 17.9 Å². The minimum atomic E-state index is -1.22. The number of benzene rings is 2. The van der Waals surface area contributed by atoms with Gasteiger partial charge in [0, 0.05) is 27.1 Å². The smallest absolute Gasteiger partial charge is 0.419 e. The summed E-state index contributed by atoms with van der Waals surface area (Å²) in [5, 5.41) is 12.5. The van der Waals surface area contributed by atoms with Crippen LogP contribution in [0.3, 0.4) is 0 Å². The Kier molecular flexibility index (Phi) is 10.5. The molecule has 1 aliphatic rings. The number of hydrogen-bond donors (Lipinski definition) is 1. The first kappa shape index (κ1) is 35.9. The highest BCUT2D eigenvalue weighted by molar-refractivity contribution is 5.83. The third-order valence-electron chi connectivity index (χ3n) is 7.55. The SMILES string of the molecule is CN(C(=O)OC(C)(C)C)C1CO[C@H](C(=O)N[C@H](C#N)Cc2ccc(-c3ccc4oc(=O)n(C)c4c3)cc2F)CN(C(=O)OC(C)(C)C)C1. The van der Waals surface area contributed by atoms with Crippen molar-refractivity contribution in [3.63, 3.8) is 0 Å². The molecule has 3 atom stereocenters. The molecule has 0 bridgehead atoms. The zero-order valence-electron chi connectivity index (χ0n) is 28.5. The first-order valence-electron chi connectivity index (χ1n) is 15.5. The molecule has 4 rings (SSSR count). The zero-order chi connectivity index (χ0) is 35.6. The van der Waals surface area contributed by atoms with E-state index in [2.05, 4.69) is 5.32 Å². The molecule has 0 radical (unpaired) electrons. The molecule has 1 unspecified atom stereocenters. The Labute approximate surface area is 278 Å². The Balaban J connectivity index is 1.48. The summed E-state index contributed by atoms with van der Waals surface area (Å²) in [6.45, 7) is 9.98. The molecule has 3 aromatic rings. The Morgan fingerprint density at radius 1 is 1.06 bits per heavy atom. The van der Waals surface area contributed by atoms with Crippen molar-refractivity contribution in [1.82, 2.24) is 19.7 Å². The van der Waals surface area contributed by atoms with Gasteiger partial charge in [0.15, 0.2) is 11.7 Å². The van der Waals surface area contributed by atoms with Gasteiger partial charge in [-0.05, 0) is 76.4 Å². The molecule has 0 spiro atoms. The van der Waals surface area contributed by atoms with Crippen molar-refractivity contribution in [2.75, 3.05) is 26.7 Å². The van der Waals surface area contributed by atoms with Gasteiger partial charge < -0.3 is 33.7 Å². The maximum atomic E-state index is 15.3. The summed E-state index contributed by atoms with van der Waals surface area (Å²) in [7, 11) is 3.09. The molecule has 1 saturated heterocycles. The molecule has 3 amide bonds. The first-order valence-corrected chi connectivity index (χ1v) is 15.5. The van der Waals surface area contributed by atoms with Crippen molar-refractivity contribution in [2.45, 2.75) is 77.4 Å². The molecule has 0 aliphatic carbocycles. The first-order chi connectivity index (χ1) is 22.3. The number of aryl methyl sites for hydroxylation is 1. The number of oxazole rings is 1. The number of nitriles is 1. The number of likely N-dealkylation sites (N-methyl/N-ethyl adjacent to an activating group) is 1. The molecule has 2 aromatic carbocycles. The minimum absolute atomic E-state index is 0.00247. The van der Waals surface area contributed by atoms with Gasteiger partial charge in [-0.25, -0.2) is 18.8 Å². The lowest BCUT2D eigenvalue weighted by Gasteiger charge is -2.32. The number of nitrogens with one attached hydrogen (secondary N) is 1. The van der Waals surface area contributed by atoms with Crippen LogP contribution in [0.2, 0.25) is 0 Å². The number of nitrogens with zero attached hydrogens (tertiary/aromatic N) is 4. The summed E-state index contributed by atoms with van der Waals surface area (Å²) >= 11 is 0. The molecular formula is C34H42FN5O8. The van der Waals surface area contributed by atoms with Gasteiger partial charge in [0.25, 0.3) is 5.91 Å². The third-order valence-corrected chi connectivity index (χ3v) is 7.55. The molecule has 1 fully saturated rings. The Morgan fingerprint density at radius 2 is 1.71 bits per heavy atom. The number of ether oxygens (including phenoxy) is 3. The fraction of sp³-hybridized carbons (Fsp3) is 0.500. The zero-order valence-corrected chi connectivity index (χ0v) is 28.5. The summed E-state index contributed by atoms with van der Waals surface area (Å²) in [6, 6.07) is 9.79. The van der Waals surface area contributed by atoms with Gasteiger partial charge in [0.1, 0.15) is 23.1 Å². The van der Waals surface area contributed by atoms with Crippen LogP contribution in [0.15, 0.2) is 45.6 Å². The molecule has 258 valence electrons. The van der Waals surface area contributed by atoms with Crippen molar-refractivity contribution < 1.29 is 37.4 Å². The number of carbonyl (C=O) groups is 3. The Hall–Kier alpha value is -4.90. The fourth-order valence-corrected chi connectivity index (χ4v) is 5.03. The maximum absolute atomic E-state index is 15.3. The lowest BCUT2D eigenvalue weighted by Crippen LogP contribution is -2.50. The largest absolute Gasteiger partial charge is 0.444 e. The number of amides is 3. The van der Waals surface area contributed by atoms with Gasteiger partial charge in [-0.3, -0.25) is 9.36 Å². The maximum Gasteiger partial charge on any atom is 0.419 e. The second-order valence-corrected chi connectivity index (χ2v) is 13.8. The third kappa shape index (κ3) is 8.92. The average Bonchev–Trinajstić information content (AvgIpc) is 3.14. The van der Waals surface area contributed by atoms with Crippen molar-refractivity contribution in [3.05, 3.63) is 58.3 Å². The van der Waals surface area contributed by atoms with E-state index < -0.39 is 59.1 Å². The van der Waals surface area contributed by atoms with E-state index in [0.717, 1.165) is 0 Å². The fourth-order valence-electron chi connectivity index (χ4n) is 5.03. The monoisotopic (exact) mass is 667 g/mol. The van der Waals surface area contributed by atoms with E-state index in [0.29, 0.717) is 22.2 Å². The van der Waals surface area contributed by atoms with Crippen LogP contribution < -0.4 is 11.1 Å². The molecule has 1 N–H and O–H groups in total. The van der Waals surface area contributed by atoms with E-state index in [-0.39, 0.29) is 31.7 Å². The summed E-state index contributed by atoms with van der Waals surface area (Å²) in [5.74, 6) is -1.78. The molecule has 13 nitrogen and oxygen atoms in total. The summed E-state index contributed by atoms with van der Waals surface area (Å²) in [5.41, 5.74) is 0.778. The van der Waals surface area contributed by atoms with Crippen LogP contribution in [-0.4, -0.2) is 88.6 Å². The van der Waals surface area contributed by atoms with Crippen molar-refractivity contribution in [3.8, 4) is 17.2 Å².